The van der Waals surface area contributed by atoms with E-state index in [0.29, 0.717) is 55.3 Å². The summed E-state index contributed by atoms with van der Waals surface area (Å²) in [6.07, 6.45) is 1.69. The van der Waals surface area contributed by atoms with Crippen LogP contribution in [0.4, 0.5) is 0 Å². The lowest BCUT2D eigenvalue weighted by molar-refractivity contribution is 0.0531. The first-order valence-electron chi connectivity index (χ1n) is 10.2. The summed E-state index contributed by atoms with van der Waals surface area (Å²) in [5, 5.41) is 7.36. The zero-order valence-electron chi connectivity index (χ0n) is 19.1. The van der Waals surface area contributed by atoms with Gasteiger partial charge in [0, 0.05) is 25.4 Å². The van der Waals surface area contributed by atoms with Crippen LogP contribution in [0.3, 0.4) is 0 Å². The molecule has 32 heavy (non-hydrogen) atoms. The second kappa shape index (κ2) is 15.0. The number of hydrogen-bond donors (Lipinski definition) is 2. The Labute approximate surface area is 210 Å². The topological polar surface area (TPSA) is 107 Å². The number of guanidine groups is 1. The van der Waals surface area contributed by atoms with Crippen molar-refractivity contribution in [1.82, 2.24) is 20.6 Å². The number of methoxy groups -OCH3 is 1. The van der Waals surface area contributed by atoms with Crippen LogP contribution < -0.4 is 15.4 Å². The minimum atomic E-state index is -0.339. The van der Waals surface area contributed by atoms with Crippen molar-refractivity contribution in [3.63, 3.8) is 0 Å². The molecule has 0 amide bonds. The van der Waals surface area contributed by atoms with E-state index in [0.717, 1.165) is 10.6 Å². The van der Waals surface area contributed by atoms with E-state index in [9.17, 15) is 4.79 Å². The van der Waals surface area contributed by atoms with Crippen LogP contribution in [0.1, 0.15) is 52.7 Å². The number of nitrogens with one attached hydrogen (secondary N) is 2. The SMILES string of the molecule is CCNC(=NCc1cccnc1OCCOC)NC(C)c1nc(C)c(C(=O)OCC)s1.I. The summed E-state index contributed by atoms with van der Waals surface area (Å²) in [6.45, 7) is 9.91. The van der Waals surface area contributed by atoms with Crippen molar-refractivity contribution in [1.29, 1.82) is 0 Å². The number of carbonyl (C=O) groups is 1. The van der Waals surface area contributed by atoms with Crippen LogP contribution >= 0.6 is 35.3 Å². The molecule has 0 saturated heterocycles. The van der Waals surface area contributed by atoms with Crippen LogP contribution in [-0.2, 0) is 16.0 Å². The number of aromatic nitrogens is 2. The molecule has 2 aromatic rings. The quantitative estimate of drug-likeness (QED) is 0.138. The standard InChI is InChI=1S/C21H31N5O4S.HI/c1-6-22-21(24-13-16-9-8-10-23-18(16)30-12-11-28-5)26-15(4)19-25-14(3)17(31-19)20(27)29-7-2;/h8-10,15H,6-7,11-13H2,1-5H3,(H2,22,24,26);1H. The molecule has 2 aromatic heterocycles. The maximum absolute atomic E-state index is 12.1. The minimum Gasteiger partial charge on any atom is -0.475 e. The normalized spacial score (nSPS) is 12.0. The summed E-state index contributed by atoms with van der Waals surface area (Å²) in [5.41, 5.74) is 1.54. The van der Waals surface area contributed by atoms with Crippen LogP contribution in [0.2, 0.25) is 0 Å². The van der Waals surface area contributed by atoms with Gasteiger partial charge in [0.1, 0.15) is 16.5 Å². The van der Waals surface area contributed by atoms with Crippen LogP contribution in [0, 0.1) is 6.92 Å². The molecule has 11 heteroatoms. The van der Waals surface area contributed by atoms with E-state index in [1.54, 1.807) is 20.2 Å². The van der Waals surface area contributed by atoms with Crippen LogP contribution in [0.5, 0.6) is 5.88 Å². The van der Waals surface area contributed by atoms with Gasteiger partial charge in [-0.15, -0.1) is 35.3 Å². The van der Waals surface area contributed by atoms with Crippen molar-refractivity contribution in [2.75, 3.05) is 33.5 Å². The number of esters is 1. The van der Waals surface area contributed by atoms with Gasteiger partial charge in [-0.25, -0.2) is 19.8 Å². The second-order valence-corrected chi connectivity index (χ2v) is 7.59. The Balaban J connectivity index is 0.00000512. The number of aliphatic imine (C=N–C) groups is 1. The lowest BCUT2D eigenvalue weighted by atomic mass is 10.3. The molecule has 0 spiro atoms. The lowest BCUT2D eigenvalue weighted by Gasteiger charge is -2.16. The average Bonchev–Trinajstić information content (AvgIpc) is 3.15. The molecule has 0 aromatic carbocycles. The fourth-order valence-electron chi connectivity index (χ4n) is 2.64. The van der Waals surface area contributed by atoms with Crippen LogP contribution in [-0.4, -0.2) is 55.4 Å². The molecular formula is C21H32IN5O4S. The zero-order valence-corrected chi connectivity index (χ0v) is 22.3. The van der Waals surface area contributed by atoms with Gasteiger partial charge in [-0.2, -0.15) is 0 Å². The third kappa shape index (κ3) is 8.51. The molecule has 0 aliphatic rings. The van der Waals surface area contributed by atoms with Crippen molar-refractivity contribution >= 4 is 47.2 Å². The van der Waals surface area contributed by atoms with E-state index < -0.39 is 0 Å². The van der Waals surface area contributed by atoms with Gasteiger partial charge in [-0.3, -0.25) is 0 Å². The number of pyridine rings is 1. The molecule has 1 unspecified atom stereocenters. The molecular weight excluding hydrogens is 545 g/mol. The van der Waals surface area contributed by atoms with Gasteiger partial charge in [0.15, 0.2) is 5.96 Å². The van der Waals surface area contributed by atoms with E-state index >= 15 is 0 Å². The number of hydrogen-bond acceptors (Lipinski definition) is 8. The van der Waals surface area contributed by atoms with Gasteiger partial charge in [-0.05, 0) is 33.8 Å². The second-order valence-electron chi connectivity index (χ2n) is 6.56. The van der Waals surface area contributed by atoms with Gasteiger partial charge >= 0.3 is 5.97 Å². The van der Waals surface area contributed by atoms with Gasteiger partial charge in [0.2, 0.25) is 5.88 Å². The van der Waals surface area contributed by atoms with E-state index in [4.69, 9.17) is 14.2 Å². The summed E-state index contributed by atoms with van der Waals surface area (Å²) in [6, 6.07) is 3.64. The van der Waals surface area contributed by atoms with Crippen molar-refractivity contribution in [3.8, 4) is 5.88 Å². The first kappa shape index (κ1) is 28.0. The van der Waals surface area contributed by atoms with Gasteiger partial charge in [0.25, 0.3) is 0 Å². The number of nitrogens with zero attached hydrogens (tertiary/aromatic N) is 3. The Morgan fingerprint density at radius 2 is 2.09 bits per heavy atom. The third-order valence-corrected chi connectivity index (χ3v) is 5.45. The molecule has 2 N–H and O–H groups in total. The summed E-state index contributed by atoms with van der Waals surface area (Å²) in [5.74, 6) is 0.836. The largest absolute Gasteiger partial charge is 0.475 e. The summed E-state index contributed by atoms with van der Waals surface area (Å²) < 4.78 is 15.8. The number of thiazole rings is 1. The van der Waals surface area contributed by atoms with Gasteiger partial charge in [-0.1, -0.05) is 6.07 Å². The fourth-order valence-corrected chi connectivity index (χ4v) is 3.60. The molecule has 178 valence electrons. The predicted molar refractivity (Wildman–Crippen MR) is 136 cm³/mol. The van der Waals surface area contributed by atoms with Crippen LogP contribution in [0.15, 0.2) is 23.3 Å². The van der Waals surface area contributed by atoms with Crippen LogP contribution in [0.25, 0.3) is 0 Å². The summed E-state index contributed by atoms with van der Waals surface area (Å²) >= 11 is 1.33. The molecule has 9 nitrogen and oxygen atoms in total. The smallest absolute Gasteiger partial charge is 0.350 e. The van der Waals surface area contributed by atoms with Crippen molar-refractivity contribution in [3.05, 3.63) is 39.5 Å². The molecule has 2 heterocycles. The lowest BCUT2D eigenvalue weighted by Crippen LogP contribution is -2.38. The van der Waals surface area contributed by atoms with E-state index in [1.807, 2.05) is 32.9 Å². The fraction of sp³-hybridized carbons (Fsp3) is 0.524. The van der Waals surface area contributed by atoms with Crippen molar-refractivity contribution < 1.29 is 19.0 Å². The Hall–Kier alpha value is -1.99. The highest BCUT2D eigenvalue weighted by Crippen LogP contribution is 2.24. The third-order valence-electron chi connectivity index (χ3n) is 4.13. The van der Waals surface area contributed by atoms with Crippen molar-refractivity contribution in [2.45, 2.75) is 40.3 Å². The Morgan fingerprint density at radius 3 is 2.78 bits per heavy atom. The first-order chi connectivity index (χ1) is 15.0. The predicted octanol–water partition coefficient (Wildman–Crippen LogP) is 3.48. The maximum Gasteiger partial charge on any atom is 0.350 e. The van der Waals surface area contributed by atoms with Gasteiger partial charge < -0.3 is 24.8 Å². The maximum atomic E-state index is 12.1. The number of aryl methyl sites for hydroxylation is 1. The number of halogens is 1. The molecule has 0 aliphatic heterocycles. The summed E-state index contributed by atoms with van der Waals surface area (Å²) in [7, 11) is 1.63. The molecule has 1 atom stereocenters. The van der Waals surface area contributed by atoms with E-state index in [-0.39, 0.29) is 36.0 Å². The highest BCUT2D eigenvalue weighted by molar-refractivity contribution is 14.0. The number of carbonyl (C=O) groups excluding carboxylic acids is 1. The Bertz CT molecular complexity index is 878. The number of ether oxygens (including phenoxy) is 3. The first-order valence-corrected chi connectivity index (χ1v) is 11.1. The minimum absolute atomic E-state index is 0. The highest BCUT2D eigenvalue weighted by Gasteiger charge is 2.20. The summed E-state index contributed by atoms with van der Waals surface area (Å²) in [4.78, 5) is 26.1. The highest BCUT2D eigenvalue weighted by atomic mass is 127. The Kier molecular flexibility index (Phi) is 13.1. The molecule has 0 saturated carbocycles. The number of rotatable bonds is 11. The van der Waals surface area contributed by atoms with E-state index in [1.165, 1.54) is 11.3 Å². The average molecular weight is 577 g/mol. The van der Waals surface area contributed by atoms with Crippen molar-refractivity contribution in [2.24, 2.45) is 4.99 Å². The molecule has 2 rings (SSSR count). The zero-order chi connectivity index (χ0) is 22.6. The van der Waals surface area contributed by atoms with Gasteiger partial charge in [0.05, 0.1) is 31.5 Å². The monoisotopic (exact) mass is 577 g/mol. The van der Waals surface area contributed by atoms with E-state index in [2.05, 4.69) is 25.6 Å². The Morgan fingerprint density at radius 1 is 1.31 bits per heavy atom. The molecule has 0 fully saturated rings. The molecule has 0 aliphatic carbocycles. The molecule has 0 bridgehead atoms. The molecule has 0 radical (unpaired) electrons.